The summed E-state index contributed by atoms with van der Waals surface area (Å²) in [4.78, 5) is 22.9. The molecule has 1 atom stereocenters. The van der Waals surface area contributed by atoms with Crippen molar-refractivity contribution in [2.24, 2.45) is 5.92 Å². The van der Waals surface area contributed by atoms with Gasteiger partial charge in [0.1, 0.15) is 4.88 Å². The van der Waals surface area contributed by atoms with Crippen molar-refractivity contribution in [2.75, 3.05) is 18.5 Å². The average molecular weight is 255 g/mol. The molecule has 0 bridgehead atoms. The normalized spacial score (nSPS) is 19.9. The zero-order valence-electron chi connectivity index (χ0n) is 9.14. The van der Waals surface area contributed by atoms with Crippen LogP contribution in [0, 0.1) is 5.92 Å². The molecule has 1 amide bonds. The lowest BCUT2D eigenvalue weighted by Crippen LogP contribution is -2.30. The van der Waals surface area contributed by atoms with Gasteiger partial charge in [-0.15, -0.1) is 11.3 Å². The Kier molecular flexibility index (Phi) is 3.75. The van der Waals surface area contributed by atoms with Gasteiger partial charge in [-0.1, -0.05) is 0 Å². The molecule has 1 fully saturated rings. The highest BCUT2D eigenvalue weighted by Gasteiger charge is 2.23. The number of amides is 1. The third kappa shape index (κ3) is 2.83. The van der Waals surface area contributed by atoms with Crippen molar-refractivity contribution in [1.29, 1.82) is 0 Å². The second-order valence-electron chi connectivity index (χ2n) is 3.87. The summed E-state index contributed by atoms with van der Waals surface area (Å²) in [6, 6.07) is 1.61. The van der Waals surface area contributed by atoms with Gasteiger partial charge in [0.25, 0.3) is 0 Å². The molecule has 1 aliphatic heterocycles. The van der Waals surface area contributed by atoms with Crippen molar-refractivity contribution >= 4 is 28.9 Å². The van der Waals surface area contributed by atoms with Crippen LogP contribution in [0.15, 0.2) is 11.4 Å². The number of hydrogen-bond donors (Lipinski definition) is 2. The van der Waals surface area contributed by atoms with Gasteiger partial charge in [0.2, 0.25) is 5.91 Å². The summed E-state index contributed by atoms with van der Waals surface area (Å²) in [5.41, 5.74) is 0.373. The fourth-order valence-electron chi connectivity index (χ4n) is 1.76. The molecule has 1 unspecified atom stereocenters. The molecule has 5 nitrogen and oxygen atoms in total. The lowest BCUT2D eigenvalue weighted by atomic mass is 10.0. The van der Waals surface area contributed by atoms with Crippen molar-refractivity contribution in [2.45, 2.75) is 12.8 Å². The topological polar surface area (TPSA) is 75.6 Å². The number of carboxylic acid groups (broad SMARTS) is 1. The predicted octanol–water partition coefficient (Wildman–Crippen LogP) is 1.81. The number of aromatic carboxylic acids is 1. The largest absolute Gasteiger partial charge is 0.477 e. The predicted molar refractivity (Wildman–Crippen MR) is 63.5 cm³/mol. The van der Waals surface area contributed by atoms with Crippen molar-refractivity contribution in [3.8, 4) is 0 Å². The SMILES string of the molecule is O=C(O)c1sccc1NC(=O)C1CCCOC1. The summed E-state index contributed by atoms with van der Waals surface area (Å²) in [5, 5.41) is 13.2. The molecular formula is C11H13NO4S. The molecule has 1 saturated heterocycles. The van der Waals surface area contributed by atoms with Gasteiger partial charge in [-0.25, -0.2) is 4.79 Å². The molecule has 2 rings (SSSR count). The first kappa shape index (κ1) is 12.1. The van der Waals surface area contributed by atoms with Gasteiger partial charge in [0.15, 0.2) is 0 Å². The Morgan fingerprint density at radius 2 is 2.35 bits per heavy atom. The van der Waals surface area contributed by atoms with E-state index < -0.39 is 5.97 Å². The van der Waals surface area contributed by atoms with Crippen LogP contribution in [0.25, 0.3) is 0 Å². The van der Waals surface area contributed by atoms with Crippen LogP contribution in [-0.4, -0.2) is 30.2 Å². The first-order chi connectivity index (χ1) is 8.18. The monoisotopic (exact) mass is 255 g/mol. The lowest BCUT2D eigenvalue weighted by Gasteiger charge is -2.21. The number of carbonyl (C=O) groups excluding carboxylic acids is 1. The van der Waals surface area contributed by atoms with Crippen LogP contribution in [0.4, 0.5) is 5.69 Å². The van der Waals surface area contributed by atoms with E-state index in [-0.39, 0.29) is 16.7 Å². The average Bonchev–Trinajstić information content (AvgIpc) is 2.78. The van der Waals surface area contributed by atoms with Gasteiger partial charge in [-0.3, -0.25) is 4.79 Å². The fourth-order valence-corrected chi connectivity index (χ4v) is 2.44. The summed E-state index contributed by atoms with van der Waals surface area (Å²) in [6.07, 6.45) is 1.66. The highest BCUT2D eigenvalue weighted by molar-refractivity contribution is 7.12. The van der Waals surface area contributed by atoms with Gasteiger partial charge in [0.05, 0.1) is 18.2 Å². The molecule has 2 N–H and O–H groups in total. The molecule has 0 aromatic carbocycles. The number of ether oxygens (including phenoxy) is 1. The maximum Gasteiger partial charge on any atom is 0.348 e. The molecule has 2 heterocycles. The van der Waals surface area contributed by atoms with Crippen molar-refractivity contribution < 1.29 is 19.4 Å². The van der Waals surface area contributed by atoms with Crippen molar-refractivity contribution in [3.05, 3.63) is 16.3 Å². The van der Waals surface area contributed by atoms with Gasteiger partial charge < -0.3 is 15.2 Å². The van der Waals surface area contributed by atoms with E-state index in [1.54, 1.807) is 11.4 Å². The van der Waals surface area contributed by atoms with Crippen molar-refractivity contribution in [1.82, 2.24) is 0 Å². The van der Waals surface area contributed by atoms with E-state index in [2.05, 4.69) is 5.32 Å². The molecule has 0 saturated carbocycles. The van der Waals surface area contributed by atoms with E-state index >= 15 is 0 Å². The Morgan fingerprint density at radius 1 is 1.53 bits per heavy atom. The van der Waals surface area contributed by atoms with E-state index in [0.29, 0.717) is 18.9 Å². The molecule has 17 heavy (non-hydrogen) atoms. The Labute approximate surface area is 102 Å². The van der Waals surface area contributed by atoms with E-state index in [4.69, 9.17) is 9.84 Å². The van der Waals surface area contributed by atoms with Crippen LogP contribution < -0.4 is 5.32 Å². The minimum Gasteiger partial charge on any atom is -0.477 e. The molecule has 0 radical (unpaired) electrons. The lowest BCUT2D eigenvalue weighted by molar-refractivity contribution is -0.123. The van der Waals surface area contributed by atoms with Gasteiger partial charge >= 0.3 is 5.97 Å². The van der Waals surface area contributed by atoms with Gasteiger partial charge in [0, 0.05) is 6.61 Å². The molecule has 6 heteroatoms. The molecule has 0 spiro atoms. The summed E-state index contributed by atoms with van der Waals surface area (Å²) in [7, 11) is 0. The molecule has 92 valence electrons. The fraction of sp³-hybridized carbons (Fsp3) is 0.455. The maximum absolute atomic E-state index is 11.9. The maximum atomic E-state index is 11.9. The smallest absolute Gasteiger partial charge is 0.348 e. The molecule has 0 aliphatic carbocycles. The van der Waals surface area contributed by atoms with E-state index in [0.717, 1.165) is 24.2 Å². The molecule has 1 aromatic heterocycles. The minimum absolute atomic E-state index is 0.161. The van der Waals surface area contributed by atoms with Crippen LogP contribution in [0.2, 0.25) is 0 Å². The first-order valence-corrected chi connectivity index (χ1v) is 6.26. The second kappa shape index (κ2) is 5.29. The highest BCUT2D eigenvalue weighted by atomic mass is 32.1. The van der Waals surface area contributed by atoms with Crippen LogP contribution in [0.1, 0.15) is 22.5 Å². The van der Waals surface area contributed by atoms with Crippen LogP contribution in [0.3, 0.4) is 0 Å². The van der Waals surface area contributed by atoms with Gasteiger partial charge in [-0.05, 0) is 24.3 Å². The number of carbonyl (C=O) groups is 2. The first-order valence-electron chi connectivity index (χ1n) is 5.38. The standard InChI is InChI=1S/C11H13NO4S/c13-10(7-2-1-4-16-6-7)12-8-3-5-17-9(8)11(14)15/h3,5,7H,1-2,4,6H2,(H,12,13)(H,14,15). The van der Waals surface area contributed by atoms with E-state index in [9.17, 15) is 9.59 Å². The third-order valence-corrected chi connectivity index (χ3v) is 3.55. The second-order valence-corrected chi connectivity index (χ2v) is 4.79. The van der Waals surface area contributed by atoms with Crippen LogP contribution >= 0.6 is 11.3 Å². The number of rotatable bonds is 3. The Morgan fingerprint density at radius 3 is 3.00 bits per heavy atom. The Balaban J connectivity index is 2.02. The van der Waals surface area contributed by atoms with E-state index in [1.165, 1.54) is 0 Å². The summed E-state index contributed by atoms with van der Waals surface area (Å²) in [5.74, 6) is -1.36. The van der Waals surface area contributed by atoms with Crippen LogP contribution in [-0.2, 0) is 9.53 Å². The summed E-state index contributed by atoms with van der Waals surface area (Å²) < 4.78 is 5.23. The number of thiophene rings is 1. The Hall–Kier alpha value is -1.40. The quantitative estimate of drug-likeness (QED) is 0.863. The minimum atomic E-state index is -1.02. The van der Waals surface area contributed by atoms with Crippen molar-refractivity contribution in [3.63, 3.8) is 0 Å². The molecular weight excluding hydrogens is 242 g/mol. The Bertz CT molecular complexity index is 423. The van der Waals surface area contributed by atoms with Crippen LogP contribution in [0.5, 0.6) is 0 Å². The van der Waals surface area contributed by atoms with Gasteiger partial charge in [-0.2, -0.15) is 0 Å². The third-order valence-electron chi connectivity index (χ3n) is 2.65. The zero-order chi connectivity index (χ0) is 12.3. The molecule has 1 aliphatic rings. The molecule has 1 aromatic rings. The number of hydrogen-bond acceptors (Lipinski definition) is 4. The number of carboxylic acids is 1. The number of anilines is 1. The zero-order valence-corrected chi connectivity index (χ0v) is 9.96. The summed E-state index contributed by atoms with van der Waals surface area (Å²) >= 11 is 1.10. The number of nitrogens with one attached hydrogen (secondary N) is 1. The van der Waals surface area contributed by atoms with E-state index in [1.807, 2.05) is 0 Å². The highest BCUT2D eigenvalue weighted by Crippen LogP contribution is 2.24. The summed E-state index contributed by atoms with van der Waals surface area (Å²) in [6.45, 7) is 1.11.